The van der Waals surface area contributed by atoms with Crippen LogP contribution in [0.25, 0.3) is 5.76 Å². The monoisotopic (exact) mass is 407 g/mol. The second-order valence-electron chi connectivity index (χ2n) is 6.20. The minimum Gasteiger partial charge on any atom is -0.507 e. The molecule has 1 aromatic heterocycles. The molecule has 1 atom stereocenters. The molecule has 0 saturated carbocycles. The molecule has 144 valence electrons. The Hall–Kier alpha value is -3.85. The van der Waals surface area contributed by atoms with Crippen molar-refractivity contribution in [1.29, 1.82) is 0 Å². The highest BCUT2D eigenvalue weighted by Gasteiger charge is 2.48. The maximum atomic E-state index is 12.9. The molecule has 3 aromatic rings. The maximum absolute atomic E-state index is 12.9. The molecule has 1 N–H and O–H groups in total. The van der Waals surface area contributed by atoms with Gasteiger partial charge in [-0.25, -0.2) is 4.98 Å². The van der Waals surface area contributed by atoms with Crippen LogP contribution in [0.3, 0.4) is 0 Å². The van der Waals surface area contributed by atoms with E-state index < -0.39 is 22.7 Å². The number of anilines is 1. The van der Waals surface area contributed by atoms with Crippen LogP contribution in [0.1, 0.15) is 17.2 Å². The predicted octanol–water partition coefficient (Wildman–Crippen LogP) is 3.68. The Morgan fingerprint density at radius 1 is 1.14 bits per heavy atom. The summed E-state index contributed by atoms with van der Waals surface area (Å²) in [6, 6.07) is 13.0. The van der Waals surface area contributed by atoms with Crippen LogP contribution in [0.15, 0.2) is 71.7 Å². The molecule has 9 heteroatoms. The largest absolute Gasteiger partial charge is 0.507 e. The Bertz CT molecular complexity index is 1140. The van der Waals surface area contributed by atoms with Gasteiger partial charge in [0.15, 0.2) is 5.13 Å². The van der Waals surface area contributed by atoms with Crippen molar-refractivity contribution in [3.05, 3.63) is 93.0 Å². The van der Waals surface area contributed by atoms with Gasteiger partial charge in [-0.15, -0.1) is 11.3 Å². The summed E-state index contributed by atoms with van der Waals surface area (Å²) < 4.78 is 0. The number of Topliss-reactive ketones (excluding diaryl/α,β-unsaturated/α-hetero) is 1. The topological polar surface area (TPSA) is 114 Å². The number of amides is 1. The molecule has 0 bridgehead atoms. The van der Waals surface area contributed by atoms with Crippen LogP contribution in [-0.4, -0.2) is 26.7 Å². The highest BCUT2D eigenvalue weighted by molar-refractivity contribution is 7.14. The lowest BCUT2D eigenvalue weighted by molar-refractivity contribution is -0.384. The number of nitrogens with zero attached hydrogens (tertiary/aromatic N) is 3. The molecule has 1 aliphatic rings. The average molecular weight is 407 g/mol. The van der Waals surface area contributed by atoms with E-state index in [1.54, 1.807) is 41.8 Å². The number of rotatable bonds is 4. The summed E-state index contributed by atoms with van der Waals surface area (Å²) in [5.41, 5.74) is 0.356. The van der Waals surface area contributed by atoms with Gasteiger partial charge in [0, 0.05) is 29.3 Å². The van der Waals surface area contributed by atoms with Crippen molar-refractivity contribution in [2.75, 3.05) is 4.90 Å². The number of thiazole rings is 1. The zero-order chi connectivity index (χ0) is 20.5. The summed E-state index contributed by atoms with van der Waals surface area (Å²) in [5, 5.41) is 24.0. The zero-order valence-corrected chi connectivity index (χ0v) is 15.6. The van der Waals surface area contributed by atoms with Crippen LogP contribution >= 0.6 is 11.3 Å². The van der Waals surface area contributed by atoms with Gasteiger partial charge in [0.1, 0.15) is 5.76 Å². The van der Waals surface area contributed by atoms with Gasteiger partial charge < -0.3 is 5.11 Å². The fourth-order valence-corrected chi connectivity index (χ4v) is 3.91. The summed E-state index contributed by atoms with van der Waals surface area (Å²) in [5.74, 6) is -2.08. The summed E-state index contributed by atoms with van der Waals surface area (Å²) in [7, 11) is 0. The molecule has 0 radical (unpaired) electrons. The minimum atomic E-state index is -1.04. The quantitative estimate of drug-likeness (QED) is 0.232. The Morgan fingerprint density at radius 2 is 1.90 bits per heavy atom. The van der Waals surface area contributed by atoms with Gasteiger partial charge in [0.25, 0.3) is 11.5 Å². The van der Waals surface area contributed by atoms with E-state index in [-0.39, 0.29) is 22.2 Å². The molecule has 2 aromatic carbocycles. The summed E-state index contributed by atoms with van der Waals surface area (Å²) in [6.45, 7) is 0. The molecule has 0 spiro atoms. The lowest BCUT2D eigenvalue weighted by Crippen LogP contribution is -2.29. The first-order valence-corrected chi connectivity index (χ1v) is 9.37. The van der Waals surface area contributed by atoms with Gasteiger partial charge in [-0.1, -0.05) is 42.5 Å². The molecule has 8 nitrogen and oxygen atoms in total. The number of hydrogen-bond donors (Lipinski definition) is 1. The van der Waals surface area contributed by atoms with E-state index in [2.05, 4.69) is 4.98 Å². The fourth-order valence-electron chi connectivity index (χ4n) is 3.24. The number of carbonyl (C=O) groups excluding carboxylic acids is 2. The molecule has 29 heavy (non-hydrogen) atoms. The van der Waals surface area contributed by atoms with E-state index in [9.17, 15) is 24.8 Å². The number of ketones is 1. The number of aliphatic hydroxyl groups excluding tert-OH is 1. The molecular formula is C20H13N3O5S. The highest BCUT2D eigenvalue weighted by atomic mass is 32.1. The third-order valence-electron chi connectivity index (χ3n) is 4.51. The smallest absolute Gasteiger partial charge is 0.301 e. The number of hydrogen-bond acceptors (Lipinski definition) is 7. The molecule has 0 aliphatic carbocycles. The SMILES string of the molecule is O=C1C(=O)N(c2nccs2)[C@H](c2cccc([N+](=O)[O-])c2)C1=C(O)c1ccccc1. The van der Waals surface area contributed by atoms with Gasteiger partial charge in [-0.3, -0.25) is 24.6 Å². The van der Waals surface area contributed by atoms with Crippen molar-refractivity contribution < 1.29 is 19.6 Å². The van der Waals surface area contributed by atoms with Crippen molar-refractivity contribution in [1.82, 2.24) is 4.98 Å². The third-order valence-corrected chi connectivity index (χ3v) is 5.28. The number of nitro benzene ring substituents is 1. The lowest BCUT2D eigenvalue weighted by Gasteiger charge is -2.22. The molecule has 1 fully saturated rings. The Labute approximate surface area is 168 Å². The number of benzene rings is 2. The van der Waals surface area contributed by atoms with E-state index >= 15 is 0 Å². The average Bonchev–Trinajstić information content (AvgIpc) is 3.35. The number of aromatic nitrogens is 1. The van der Waals surface area contributed by atoms with Gasteiger partial charge >= 0.3 is 5.91 Å². The third kappa shape index (κ3) is 3.17. The summed E-state index contributed by atoms with van der Waals surface area (Å²) in [4.78, 5) is 41.6. The summed E-state index contributed by atoms with van der Waals surface area (Å²) >= 11 is 1.15. The minimum absolute atomic E-state index is 0.142. The van der Waals surface area contributed by atoms with E-state index in [4.69, 9.17) is 0 Å². The molecule has 1 saturated heterocycles. The van der Waals surface area contributed by atoms with Crippen molar-refractivity contribution in [2.45, 2.75) is 6.04 Å². The first-order chi connectivity index (χ1) is 14.0. The Kier molecular flexibility index (Phi) is 4.65. The van der Waals surface area contributed by atoms with Crippen molar-refractivity contribution >= 4 is 39.6 Å². The number of nitro groups is 1. The Morgan fingerprint density at radius 3 is 2.55 bits per heavy atom. The van der Waals surface area contributed by atoms with Gasteiger partial charge in [0.2, 0.25) is 0 Å². The van der Waals surface area contributed by atoms with E-state index in [0.717, 1.165) is 11.3 Å². The molecule has 0 unspecified atom stereocenters. The second kappa shape index (κ2) is 7.28. The first kappa shape index (κ1) is 18.5. The van der Waals surface area contributed by atoms with Crippen molar-refractivity contribution in [3.8, 4) is 0 Å². The van der Waals surface area contributed by atoms with Crippen LogP contribution in [0, 0.1) is 10.1 Å². The molecule has 4 rings (SSSR count). The van der Waals surface area contributed by atoms with Gasteiger partial charge in [-0.2, -0.15) is 0 Å². The lowest BCUT2D eigenvalue weighted by atomic mass is 9.95. The maximum Gasteiger partial charge on any atom is 0.301 e. The van der Waals surface area contributed by atoms with E-state index in [1.165, 1.54) is 29.3 Å². The number of non-ortho nitro benzene ring substituents is 1. The Balaban J connectivity index is 1.96. The highest BCUT2D eigenvalue weighted by Crippen LogP contribution is 2.43. The van der Waals surface area contributed by atoms with E-state index in [0.29, 0.717) is 11.1 Å². The van der Waals surface area contributed by atoms with Crippen LogP contribution < -0.4 is 4.90 Å². The normalized spacial score (nSPS) is 18.2. The standard InChI is InChI=1S/C20H13N3O5S/c24-17(12-5-2-1-3-6-12)15-16(13-7-4-8-14(11-13)23(27)28)22(19(26)18(15)25)20-21-9-10-29-20/h1-11,16,24H/t16-/m1/s1. The second-order valence-corrected chi connectivity index (χ2v) is 7.07. The van der Waals surface area contributed by atoms with Crippen LogP contribution in [0.2, 0.25) is 0 Å². The predicted molar refractivity (Wildman–Crippen MR) is 106 cm³/mol. The van der Waals surface area contributed by atoms with Crippen molar-refractivity contribution in [3.63, 3.8) is 0 Å². The fraction of sp³-hybridized carbons (Fsp3) is 0.0500. The molecular weight excluding hydrogens is 394 g/mol. The van der Waals surface area contributed by atoms with Crippen molar-refractivity contribution in [2.24, 2.45) is 0 Å². The summed E-state index contributed by atoms with van der Waals surface area (Å²) in [6.07, 6.45) is 1.49. The van der Waals surface area contributed by atoms with Crippen LogP contribution in [0.4, 0.5) is 10.8 Å². The molecule has 1 aliphatic heterocycles. The van der Waals surface area contributed by atoms with E-state index in [1.807, 2.05) is 0 Å². The molecule has 2 heterocycles. The first-order valence-electron chi connectivity index (χ1n) is 8.49. The number of aliphatic hydroxyl groups is 1. The van der Waals surface area contributed by atoms with Gasteiger partial charge in [-0.05, 0) is 5.56 Å². The van der Waals surface area contributed by atoms with Crippen LogP contribution in [0.5, 0.6) is 0 Å². The van der Waals surface area contributed by atoms with Crippen LogP contribution in [-0.2, 0) is 9.59 Å². The zero-order valence-electron chi connectivity index (χ0n) is 14.8. The molecule has 1 amide bonds. The number of carbonyl (C=O) groups is 2. The van der Waals surface area contributed by atoms with Gasteiger partial charge in [0.05, 0.1) is 16.5 Å².